The molecule has 0 saturated carbocycles. The first-order valence-electron chi connectivity index (χ1n) is 7.44. The number of hydrogen-bond donors (Lipinski definition) is 0. The van der Waals surface area contributed by atoms with Gasteiger partial charge in [-0.05, 0) is 30.4 Å². The predicted molar refractivity (Wildman–Crippen MR) is 82.6 cm³/mol. The monoisotopic (exact) mass is 309 g/mol. The van der Waals surface area contributed by atoms with E-state index in [1.807, 2.05) is 4.90 Å². The van der Waals surface area contributed by atoms with Crippen LogP contribution in [0.5, 0.6) is 0 Å². The number of carbonyl (C=O) groups is 1. The molecule has 1 saturated heterocycles. The molecule has 0 aromatic heterocycles. The fraction of sp³-hybridized carbons (Fsp3) is 0.562. The van der Waals surface area contributed by atoms with E-state index in [1.165, 1.54) is 0 Å². The van der Waals surface area contributed by atoms with Crippen LogP contribution in [0.15, 0.2) is 35.2 Å². The largest absolute Gasteiger partial charge is 0.342 e. The molecule has 116 valence electrons. The number of rotatable bonds is 4. The molecule has 1 aliphatic heterocycles. The minimum atomic E-state index is -3.37. The second-order valence-electron chi connectivity index (χ2n) is 6.13. The van der Waals surface area contributed by atoms with Crippen LogP contribution in [0.3, 0.4) is 0 Å². The molecule has 1 aromatic rings. The number of benzene rings is 1. The Kier molecular flexibility index (Phi) is 5.04. The summed E-state index contributed by atoms with van der Waals surface area (Å²) in [5, 5.41) is 0. The first-order chi connectivity index (χ1) is 9.88. The molecule has 0 spiro atoms. The third-order valence-corrected chi connectivity index (χ3v) is 5.64. The smallest absolute Gasteiger partial charge is 0.223 e. The Hall–Kier alpha value is -1.36. The predicted octanol–water partition coefficient (Wildman–Crippen LogP) is 2.35. The van der Waals surface area contributed by atoms with Gasteiger partial charge in [-0.1, -0.05) is 32.0 Å². The van der Waals surface area contributed by atoms with Crippen molar-refractivity contribution in [2.75, 3.05) is 18.8 Å². The van der Waals surface area contributed by atoms with E-state index in [0.29, 0.717) is 11.8 Å². The highest BCUT2D eigenvalue weighted by Crippen LogP contribution is 2.22. The highest BCUT2D eigenvalue weighted by atomic mass is 32.2. The van der Waals surface area contributed by atoms with E-state index in [9.17, 15) is 13.2 Å². The number of hydrogen-bond acceptors (Lipinski definition) is 3. The van der Waals surface area contributed by atoms with E-state index in [2.05, 4.69) is 13.8 Å². The maximum absolute atomic E-state index is 12.2. The fourth-order valence-electron chi connectivity index (χ4n) is 2.99. The van der Waals surface area contributed by atoms with E-state index < -0.39 is 9.84 Å². The van der Waals surface area contributed by atoms with Crippen molar-refractivity contribution in [3.63, 3.8) is 0 Å². The molecular formula is C16H23NO3S. The summed E-state index contributed by atoms with van der Waals surface area (Å²) >= 11 is 0. The van der Waals surface area contributed by atoms with Gasteiger partial charge in [0.25, 0.3) is 0 Å². The third kappa shape index (κ3) is 4.30. The van der Waals surface area contributed by atoms with E-state index in [4.69, 9.17) is 0 Å². The van der Waals surface area contributed by atoms with Gasteiger partial charge >= 0.3 is 0 Å². The molecule has 1 amide bonds. The number of piperidine rings is 1. The Morgan fingerprint density at radius 2 is 1.71 bits per heavy atom. The first-order valence-corrected chi connectivity index (χ1v) is 9.09. The summed E-state index contributed by atoms with van der Waals surface area (Å²) in [6, 6.07) is 8.32. The van der Waals surface area contributed by atoms with Gasteiger partial charge < -0.3 is 4.90 Å². The number of sulfone groups is 1. The molecule has 4 nitrogen and oxygen atoms in total. The third-order valence-electron chi connectivity index (χ3n) is 3.91. The molecular weight excluding hydrogens is 286 g/mol. The lowest BCUT2D eigenvalue weighted by atomic mass is 9.92. The van der Waals surface area contributed by atoms with E-state index in [-0.39, 0.29) is 23.0 Å². The Morgan fingerprint density at radius 1 is 1.14 bits per heavy atom. The van der Waals surface area contributed by atoms with Crippen molar-refractivity contribution in [1.82, 2.24) is 4.90 Å². The molecule has 1 aliphatic rings. The quantitative estimate of drug-likeness (QED) is 0.858. The molecule has 5 heteroatoms. The van der Waals surface area contributed by atoms with Crippen LogP contribution >= 0.6 is 0 Å². The zero-order chi connectivity index (χ0) is 15.5. The van der Waals surface area contributed by atoms with Crippen LogP contribution in [0.4, 0.5) is 0 Å². The van der Waals surface area contributed by atoms with Crippen molar-refractivity contribution in [3.05, 3.63) is 30.3 Å². The van der Waals surface area contributed by atoms with Crippen LogP contribution in [0, 0.1) is 11.8 Å². The molecule has 0 radical (unpaired) electrons. The van der Waals surface area contributed by atoms with Crippen LogP contribution in [0.2, 0.25) is 0 Å². The summed E-state index contributed by atoms with van der Waals surface area (Å²) in [4.78, 5) is 14.3. The summed E-state index contributed by atoms with van der Waals surface area (Å²) in [7, 11) is -3.37. The summed E-state index contributed by atoms with van der Waals surface area (Å²) in [6.07, 6.45) is 1.20. The van der Waals surface area contributed by atoms with Crippen LogP contribution < -0.4 is 0 Å². The molecule has 2 atom stereocenters. The van der Waals surface area contributed by atoms with Crippen LogP contribution in [0.1, 0.15) is 26.7 Å². The lowest BCUT2D eigenvalue weighted by Gasteiger charge is -2.35. The van der Waals surface area contributed by atoms with Gasteiger partial charge in [0.2, 0.25) is 5.91 Å². The Balaban J connectivity index is 1.95. The fourth-order valence-corrected chi connectivity index (χ4v) is 4.24. The molecule has 1 heterocycles. The zero-order valence-corrected chi connectivity index (χ0v) is 13.5. The summed E-state index contributed by atoms with van der Waals surface area (Å²) < 4.78 is 24.4. The van der Waals surface area contributed by atoms with Gasteiger partial charge in [0.15, 0.2) is 9.84 Å². The standard InChI is InChI=1S/C16H23NO3S/c1-13-10-14(2)12-17(11-13)16(18)8-9-21(19,20)15-6-4-3-5-7-15/h3-7,13-14H,8-12H2,1-2H3. The molecule has 21 heavy (non-hydrogen) atoms. The van der Waals surface area contributed by atoms with Gasteiger partial charge in [-0.2, -0.15) is 0 Å². The Morgan fingerprint density at radius 3 is 2.29 bits per heavy atom. The van der Waals surface area contributed by atoms with Gasteiger partial charge in [0.05, 0.1) is 10.6 Å². The molecule has 1 aromatic carbocycles. The minimum absolute atomic E-state index is 0.0482. The van der Waals surface area contributed by atoms with Crippen molar-refractivity contribution < 1.29 is 13.2 Å². The second-order valence-corrected chi connectivity index (χ2v) is 8.24. The minimum Gasteiger partial charge on any atom is -0.342 e. The maximum Gasteiger partial charge on any atom is 0.223 e. The normalized spacial score (nSPS) is 23.0. The van der Waals surface area contributed by atoms with E-state index >= 15 is 0 Å². The number of carbonyl (C=O) groups excluding carboxylic acids is 1. The van der Waals surface area contributed by atoms with Gasteiger partial charge in [-0.25, -0.2) is 8.42 Å². The summed E-state index contributed by atoms with van der Waals surface area (Å²) in [5.41, 5.74) is 0. The lowest BCUT2D eigenvalue weighted by molar-refractivity contribution is -0.133. The van der Waals surface area contributed by atoms with E-state index in [0.717, 1.165) is 19.5 Å². The molecule has 1 fully saturated rings. The molecule has 0 aliphatic carbocycles. The number of likely N-dealkylation sites (tertiary alicyclic amines) is 1. The lowest BCUT2D eigenvalue weighted by Crippen LogP contribution is -2.43. The molecule has 2 rings (SSSR count). The van der Waals surface area contributed by atoms with Gasteiger partial charge in [0, 0.05) is 19.5 Å². The average molecular weight is 309 g/mol. The zero-order valence-electron chi connectivity index (χ0n) is 12.7. The van der Waals surface area contributed by atoms with Crippen molar-refractivity contribution in [3.8, 4) is 0 Å². The van der Waals surface area contributed by atoms with Gasteiger partial charge in [-0.15, -0.1) is 0 Å². The topological polar surface area (TPSA) is 54.5 Å². The highest BCUT2D eigenvalue weighted by Gasteiger charge is 2.26. The Labute approximate surface area is 127 Å². The van der Waals surface area contributed by atoms with Crippen LogP contribution in [-0.4, -0.2) is 38.1 Å². The molecule has 0 bridgehead atoms. The maximum atomic E-state index is 12.2. The summed E-state index contributed by atoms with van der Waals surface area (Å²) in [5.74, 6) is 0.814. The average Bonchev–Trinajstić information content (AvgIpc) is 2.45. The SMILES string of the molecule is CC1CC(C)CN(C(=O)CCS(=O)(=O)c2ccccc2)C1. The van der Waals surface area contributed by atoms with Crippen molar-refractivity contribution in [2.24, 2.45) is 11.8 Å². The Bertz CT molecular complexity index is 573. The van der Waals surface area contributed by atoms with Crippen LogP contribution in [0.25, 0.3) is 0 Å². The second kappa shape index (κ2) is 6.60. The van der Waals surface area contributed by atoms with E-state index in [1.54, 1.807) is 30.3 Å². The van der Waals surface area contributed by atoms with Gasteiger partial charge in [0.1, 0.15) is 0 Å². The first kappa shape index (κ1) is 16.0. The van der Waals surface area contributed by atoms with Gasteiger partial charge in [-0.3, -0.25) is 4.79 Å². The van der Waals surface area contributed by atoms with Crippen molar-refractivity contribution in [2.45, 2.75) is 31.6 Å². The summed E-state index contributed by atoms with van der Waals surface area (Å²) in [6.45, 7) is 5.76. The van der Waals surface area contributed by atoms with Crippen LogP contribution in [-0.2, 0) is 14.6 Å². The van der Waals surface area contributed by atoms with Crippen molar-refractivity contribution in [1.29, 1.82) is 0 Å². The van der Waals surface area contributed by atoms with Crippen molar-refractivity contribution >= 4 is 15.7 Å². The molecule has 2 unspecified atom stereocenters. The number of amides is 1. The molecule has 0 N–H and O–H groups in total. The number of nitrogens with zero attached hydrogens (tertiary/aromatic N) is 1. The highest BCUT2D eigenvalue weighted by molar-refractivity contribution is 7.91.